The van der Waals surface area contributed by atoms with E-state index in [0.717, 1.165) is 17.8 Å². The van der Waals surface area contributed by atoms with Crippen LogP contribution in [0.15, 0.2) is 10.6 Å². The van der Waals surface area contributed by atoms with E-state index < -0.39 is 5.91 Å². The largest absolute Gasteiger partial charge is 0.377 e. The van der Waals surface area contributed by atoms with Crippen molar-refractivity contribution in [1.82, 2.24) is 16.0 Å². The smallest absolute Gasteiger partial charge is 0.291 e. The molecule has 4 aliphatic carbocycles. The number of amides is 2. The summed E-state index contributed by atoms with van der Waals surface area (Å²) in [4.78, 5) is 24.4. The maximum atomic E-state index is 12.4. The molecule has 4 fully saturated rings. The average Bonchev–Trinajstić information content (AvgIpc) is 3.00. The molecule has 2 N–H and O–H groups in total. The van der Waals surface area contributed by atoms with Gasteiger partial charge in [-0.25, -0.2) is 0 Å². The number of carbonyl (C=O) groups excluding carboxylic acids is 2. The van der Waals surface area contributed by atoms with E-state index in [-0.39, 0.29) is 23.6 Å². The Morgan fingerprint density at radius 2 is 1.84 bits per heavy atom. The van der Waals surface area contributed by atoms with Crippen LogP contribution in [-0.2, 0) is 16.1 Å². The molecule has 5 rings (SSSR count). The third kappa shape index (κ3) is 3.42. The molecule has 136 valence electrons. The average molecular weight is 347 g/mol. The van der Waals surface area contributed by atoms with E-state index in [0.29, 0.717) is 12.2 Å². The molecule has 1 aromatic rings. The van der Waals surface area contributed by atoms with E-state index in [1.165, 1.54) is 51.7 Å². The summed E-state index contributed by atoms with van der Waals surface area (Å²) < 4.78 is 9.89. The SMILES string of the molecule is COCc1cc(C(=O)NNC(=O)CC23CC4CC(CC(C4)C2)C3)no1. The van der Waals surface area contributed by atoms with Gasteiger partial charge in [0.05, 0.1) is 0 Å². The molecule has 0 unspecified atom stereocenters. The molecule has 0 spiro atoms. The molecule has 0 radical (unpaired) electrons. The van der Waals surface area contributed by atoms with Gasteiger partial charge in [0, 0.05) is 19.6 Å². The fourth-order valence-corrected chi connectivity index (χ4v) is 5.71. The number of aromatic nitrogens is 1. The highest BCUT2D eigenvalue weighted by Gasteiger charge is 2.51. The first-order chi connectivity index (χ1) is 12.0. The molecule has 25 heavy (non-hydrogen) atoms. The van der Waals surface area contributed by atoms with Crippen molar-refractivity contribution in [2.24, 2.45) is 23.2 Å². The molecule has 1 heterocycles. The third-order valence-electron chi connectivity index (χ3n) is 6.09. The summed E-state index contributed by atoms with van der Waals surface area (Å²) in [6.45, 7) is 0.249. The van der Waals surface area contributed by atoms with Crippen LogP contribution < -0.4 is 10.9 Å². The molecule has 0 saturated heterocycles. The summed E-state index contributed by atoms with van der Waals surface area (Å²) in [5.41, 5.74) is 5.26. The second-order valence-corrected chi connectivity index (χ2v) is 8.21. The summed E-state index contributed by atoms with van der Waals surface area (Å²) in [6, 6.07) is 1.50. The van der Waals surface area contributed by atoms with Crippen LogP contribution in [-0.4, -0.2) is 24.1 Å². The molecule has 4 bridgehead atoms. The number of nitrogens with zero attached hydrogens (tertiary/aromatic N) is 1. The number of nitrogens with one attached hydrogen (secondary N) is 2. The van der Waals surface area contributed by atoms with Crippen molar-refractivity contribution in [3.8, 4) is 0 Å². The quantitative estimate of drug-likeness (QED) is 0.797. The van der Waals surface area contributed by atoms with E-state index >= 15 is 0 Å². The Balaban J connectivity index is 1.30. The zero-order valence-corrected chi connectivity index (χ0v) is 14.5. The summed E-state index contributed by atoms with van der Waals surface area (Å²) >= 11 is 0. The lowest BCUT2D eigenvalue weighted by Gasteiger charge is -2.56. The molecular weight excluding hydrogens is 322 g/mol. The normalized spacial score (nSPS) is 32.6. The molecule has 7 nitrogen and oxygen atoms in total. The molecule has 4 aliphatic rings. The minimum Gasteiger partial charge on any atom is -0.377 e. The van der Waals surface area contributed by atoms with Crippen molar-refractivity contribution >= 4 is 11.8 Å². The van der Waals surface area contributed by atoms with E-state index in [9.17, 15) is 9.59 Å². The maximum absolute atomic E-state index is 12.4. The predicted octanol–water partition coefficient (Wildman–Crippen LogP) is 2.19. The van der Waals surface area contributed by atoms with Gasteiger partial charge in [-0.3, -0.25) is 20.4 Å². The van der Waals surface area contributed by atoms with Gasteiger partial charge in [0.1, 0.15) is 6.61 Å². The Morgan fingerprint density at radius 3 is 2.44 bits per heavy atom. The molecule has 4 saturated carbocycles. The molecule has 2 amide bonds. The van der Waals surface area contributed by atoms with Gasteiger partial charge >= 0.3 is 0 Å². The van der Waals surface area contributed by atoms with Crippen LogP contribution >= 0.6 is 0 Å². The Labute approximate surface area is 146 Å². The Morgan fingerprint density at radius 1 is 1.20 bits per heavy atom. The van der Waals surface area contributed by atoms with Gasteiger partial charge in [-0.2, -0.15) is 0 Å². The van der Waals surface area contributed by atoms with Crippen molar-refractivity contribution in [2.75, 3.05) is 7.11 Å². The summed E-state index contributed by atoms with van der Waals surface area (Å²) in [7, 11) is 1.53. The first kappa shape index (κ1) is 16.6. The van der Waals surface area contributed by atoms with Crippen LogP contribution in [0.3, 0.4) is 0 Å². The standard InChI is InChI=1S/C18H25N3O4/c1-24-10-14-5-15(21-25-14)17(23)20-19-16(22)9-18-6-11-2-12(7-18)4-13(3-11)8-18/h5,11-13H,2-4,6-10H2,1H3,(H,19,22)(H,20,23). The lowest BCUT2D eigenvalue weighted by molar-refractivity contribution is -0.130. The van der Waals surface area contributed by atoms with Crippen LogP contribution in [0, 0.1) is 23.2 Å². The number of hydrazine groups is 1. The lowest BCUT2D eigenvalue weighted by Crippen LogP contribution is -2.50. The monoisotopic (exact) mass is 347 g/mol. The van der Waals surface area contributed by atoms with Gasteiger partial charge in [-0.1, -0.05) is 5.16 Å². The number of hydrogen-bond donors (Lipinski definition) is 2. The van der Waals surface area contributed by atoms with Crippen molar-refractivity contribution in [3.63, 3.8) is 0 Å². The van der Waals surface area contributed by atoms with Gasteiger partial charge in [0.2, 0.25) is 5.91 Å². The van der Waals surface area contributed by atoms with Crippen LogP contribution in [0.25, 0.3) is 0 Å². The lowest BCUT2D eigenvalue weighted by atomic mass is 9.49. The first-order valence-corrected chi connectivity index (χ1v) is 9.09. The van der Waals surface area contributed by atoms with Crippen LogP contribution in [0.5, 0.6) is 0 Å². The zero-order chi connectivity index (χ0) is 17.4. The van der Waals surface area contributed by atoms with Crippen LogP contribution in [0.2, 0.25) is 0 Å². The second-order valence-electron chi connectivity index (χ2n) is 8.21. The Bertz CT molecular complexity index is 634. The fourth-order valence-electron chi connectivity index (χ4n) is 5.71. The van der Waals surface area contributed by atoms with Crippen molar-refractivity contribution < 1.29 is 18.8 Å². The Kier molecular flexibility index (Phi) is 4.27. The molecular formula is C18H25N3O4. The second kappa shape index (κ2) is 6.44. The summed E-state index contributed by atoms with van der Waals surface area (Å²) in [5.74, 6) is 2.29. The highest BCUT2D eigenvalue weighted by atomic mass is 16.5. The fraction of sp³-hybridized carbons (Fsp3) is 0.722. The number of rotatable bonds is 5. The van der Waals surface area contributed by atoms with Gasteiger partial charge < -0.3 is 9.26 Å². The zero-order valence-electron chi connectivity index (χ0n) is 14.5. The van der Waals surface area contributed by atoms with Crippen molar-refractivity contribution in [2.45, 2.75) is 51.6 Å². The van der Waals surface area contributed by atoms with E-state index in [4.69, 9.17) is 9.26 Å². The van der Waals surface area contributed by atoms with Gasteiger partial charge in [-0.15, -0.1) is 0 Å². The molecule has 0 atom stereocenters. The van der Waals surface area contributed by atoms with Gasteiger partial charge in [0.25, 0.3) is 5.91 Å². The third-order valence-corrected chi connectivity index (χ3v) is 6.09. The molecule has 1 aromatic heterocycles. The minimum absolute atomic E-state index is 0.115. The highest BCUT2D eigenvalue weighted by molar-refractivity contribution is 5.93. The number of hydrogen-bond acceptors (Lipinski definition) is 5. The molecule has 0 aliphatic heterocycles. The van der Waals surface area contributed by atoms with E-state index in [1.54, 1.807) is 0 Å². The maximum Gasteiger partial charge on any atom is 0.291 e. The van der Waals surface area contributed by atoms with Crippen molar-refractivity contribution in [3.05, 3.63) is 17.5 Å². The molecule has 7 heteroatoms. The number of methoxy groups -OCH3 is 1. The topological polar surface area (TPSA) is 93.5 Å². The van der Waals surface area contributed by atoms with Gasteiger partial charge in [0.15, 0.2) is 11.5 Å². The highest BCUT2D eigenvalue weighted by Crippen LogP contribution is 2.61. The van der Waals surface area contributed by atoms with E-state index in [2.05, 4.69) is 16.0 Å². The van der Waals surface area contributed by atoms with Gasteiger partial charge in [-0.05, 0) is 61.7 Å². The van der Waals surface area contributed by atoms with Crippen LogP contribution in [0.1, 0.15) is 61.2 Å². The minimum atomic E-state index is -0.482. The number of carbonyl (C=O) groups is 2. The van der Waals surface area contributed by atoms with Crippen LogP contribution in [0.4, 0.5) is 0 Å². The van der Waals surface area contributed by atoms with E-state index in [1.807, 2.05) is 0 Å². The van der Waals surface area contributed by atoms with Crippen molar-refractivity contribution in [1.29, 1.82) is 0 Å². The first-order valence-electron chi connectivity index (χ1n) is 9.09. The predicted molar refractivity (Wildman–Crippen MR) is 88.0 cm³/mol. The molecule has 0 aromatic carbocycles. The Hall–Kier alpha value is -1.89. The summed E-state index contributed by atoms with van der Waals surface area (Å²) in [5, 5.41) is 3.67. The number of ether oxygens (including phenoxy) is 1. The summed E-state index contributed by atoms with van der Waals surface area (Å²) in [6.07, 6.45) is 8.08.